The molecule has 0 spiro atoms. The highest BCUT2D eigenvalue weighted by molar-refractivity contribution is 7.18. The molecule has 1 fully saturated rings. The molecule has 0 aliphatic carbocycles. The SMILES string of the molecule is CCn1c(=O)c2c(C)c(CN3CCOC3=O)sc2n(CCC(F)(F)F)c1=O. The van der Waals surface area contributed by atoms with Gasteiger partial charge in [0.05, 0.1) is 24.9 Å². The summed E-state index contributed by atoms with van der Waals surface area (Å²) in [5.41, 5.74) is -0.708. The number of alkyl halides is 3. The van der Waals surface area contributed by atoms with Gasteiger partial charge in [0.2, 0.25) is 0 Å². The monoisotopic (exact) mass is 405 g/mol. The Labute approximate surface area is 155 Å². The highest BCUT2D eigenvalue weighted by Gasteiger charge is 2.29. The molecular weight excluding hydrogens is 387 g/mol. The maximum atomic E-state index is 12.7. The lowest BCUT2D eigenvalue weighted by Gasteiger charge is -2.12. The Hall–Kier alpha value is -2.30. The minimum Gasteiger partial charge on any atom is -0.448 e. The zero-order valence-electron chi connectivity index (χ0n) is 14.8. The standard InChI is InChI=1S/C16H18F3N3O4S/c1-3-21-12(23)11-9(2)10(8-20-6-7-26-15(20)25)27-13(11)22(14(21)24)5-4-16(17,18)19/h3-8H2,1-2H3. The van der Waals surface area contributed by atoms with Gasteiger partial charge in [0.25, 0.3) is 5.56 Å². The Morgan fingerprint density at radius 2 is 1.89 bits per heavy atom. The van der Waals surface area contributed by atoms with E-state index in [0.29, 0.717) is 17.0 Å². The maximum Gasteiger partial charge on any atom is 0.410 e. The number of halogens is 3. The largest absolute Gasteiger partial charge is 0.448 e. The molecular formula is C16H18F3N3O4S. The van der Waals surface area contributed by atoms with Crippen LogP contribution in [0.15, 0.2) is 9.59 Å². The fourth-order valence-electron chi connectivity index (χ4n) is 3.05. The van der Waals surface area contributed by atoms with Crippen LogP contribution in [0.2, 0.25) is 0 Å². The first-order valence-electron chi connectivity index (χ1n) is 8.38. The van der Waals surface area contributed by atoms with Crippen LogP contribution in [0.1, 0.15) is 23.8 Å². The van der Waals surface area contributed by atoms with Crippen molar-refractivity contribution in [3.8, 4) is 0 Å². The van der Waals surface area contributed by atoms with Gasteiger partial charge < -0.3 is 4.74 Å². The third kappa shape index (κ3) is 3.60. The van der Waals surface area contributed by atoms with Gasteiger partial charge in [-0.1, -0.05) is 0 Å². The molecule has 11 heteroatoms. The lowest BCUT2D eigenvalue weighted by Crippen LogP contribution is -2.39. The number of fused-ring (bicyclic) bond motifs is 1. The summed E-state index contributed by atoms with van der Waals surface area (Å²) in [5.74, 6) is 0. The number of aromatic nitrogens is 2. The smallest absolute Gasteiger partial charge is 0.410 e. The summed E-state index contributed by atoms with van der Waals surface area (Å²) in [6, 6.07) is 0. The molecule has 148 valence electrons. The number of carbonyl (C=O) groups excluding carboxylic acids is 1. The van der Waals surface area contributed by atoms with Crippen molar-refractivity contribution in [3.05, 3.63) is 31.3 Å². The number of nitrogens with zero attached hydrogens (tertiary/aromatic N) is 3. The van der Waals surface area contributed by atoms with Crippen molar-refractivity contribution >= 4 is 27.6 Å². The topological polar surface area (TPSA) is 73.5 Å². The summed E-state index contributed by atoms with van der Waals surface area (Å²) in [6.45, 7) is 3.60. The van der Waals surface area contributed by atoms with Crippen LogP contribution in [0.5, 0.6) is 0 Å². The normalized spacial score (nSPS) is 15.0. The van der Waals surface area contributed by atoms with E-state index in [1.165, 1.54) is 4.90 Å². The third-order valence-corrected chi connectivity index (χ3v) is 5.81. The van der Waals surface area contributed by atoms with Crippen LogP contribution in [-0.2, 0) is 24.4 Å². The fraction of sp³-hybridized carbons (Fsp3) is 0.562. The second kappa shape index (κ2) is 7.02. The van der Waals surface area contributed by atoms with Crippen LogP contribution in [0.3, 0.4) is 0 Å². The van der Waals surface area contributed by atoms with Crippen LogP contribution in [0.4, 0.5) is 18.0 Å². The molecule has 1 aliphatic rings. The Balaban J connectivity index is 2.15. The summed E-state index contributed by atoms with van der Waals surface area (Å²) >= 11 is 1.07. The second-order valence-electron chi connectivity index (χ2n) is 6.22. The highest BCUT2D eigenvalue weighted by Crippen LogP contribution is 2.30. The van der Waals surface area contributed by atoms with Gasteiger partial charge >= 0.3 is 18.0 Å². The van der Waals surface area contributed by atoms with Gasteiger partial charge in [-0.2, -0.15) is 13.2 Å². The molecule has 0 saturated carbocycles. The molecule has 0 unspecified atom stereocenters. The van der Waals surface area contributed by atoms with E-state index < -0.39 is 36.5 Å². The molecule has 7 nitrogen and oxygen atoms in total. The van der Waals surface area contributed by atoms with E-state index in [4.69, 9.17) is 4.74 Å². The van der Waals surface area contributed by atoms with Crippen LogP contribution < -0.4 is 11.2 Å². The zero-order valence-corrected chi connectivity index (χ0v) is 15.6. The predicted molar refractivity (Wildman–Crippen MR) is 93.2 cm³/mol. The van der Waals surface area contributed by atoms with Crippen molar-refractivity contribution in [2.45, 2.75) is 46.1 Å². The Bertz CT molecular complexity index is 1010. The number of cyclic esters (lactones) is 1. The number of amides is 1. The number of thiophene rings is 1. The van der Waals surface area contributed by atoms with Crippen molar-refractivity contribution in [1.29, 1.82) is 0 Å². The second-order valence-corrected chi connectivity index (χ2v) is 7.30. The quantitative estimate of drug-likeness (QED) is 0.766. The van der Waals surface area contributed by atoms with Crippen molar-refractivity contribution in [2.24, 2.45) is 0 Å². The summed E-state index contributed by atoms with van der Waals surface area (Å²) in [5, 5.41) is 0.228. The average Bonchev–Trinajstić information content (AvgIpc) is 3.11. The molecule has 1 amide bonds. The van der Waals surface area contributed by atoms with Crippen LogP contribution in [0.25, 0.3) is 10.2 Å². The van der Waals surface area contributed by atoms with Gasteiger partial charge in [-0.05, 0) is 19.4 Å². The first-order chi connectivity index (χ1) is 12.6. The van der Waals surface area contributed by atoms with Crippen molar-refractivity contribution in [2.75, 3.05) is 13.2 Å². The van der Waals surface area contributed by atoms with Crippen LogP contribution >= 0.6 is 11.3 Å². The molecule has 27 heavy (non-hydrogen) atoms. The molecule has 0 radical (unpaired) electrons. The van der Waals surface area contributed by atoms with Gasteiger partial charge in [0.1, 0.15) is 11.4 Å². The number of hydrogen-bond acceptors (Lipinski definition) is 5. The molecule has 0 aromatic carbocycles. The molecule has 1 aliphatic heterocycles. The fourth-order valence-corrected chi connectivity index (χ4v) is 4.38. The van der Waals surface area contributed by atoms with E-state index in [-0.39, 0.29) is 29.9 Å². The molecule has 0 atom stereocenters. The van der Waals surface area contributed by atoms with Crippen molar-refractivity contribution in [3.63, 3.8) is 0 Å². The molecule has 0 bridgehead atoms. The van der Waals surface area contributed by atoms with Crippen molar-refractivity contribution in [1.82, 2.24) is 14.0 Å². The van der Waals surface area contributed by atoms with E-state index in [9.17, 15) is 27.6 Å². The lowest BCUT2D eigenvalue weighted by molar-refractivity contribution is -0.136. The van der Waals surface area contributed by atoms with Crippen LogP contribution in [0, 0.1) is 6.92 Å². The Morgan fingerprint density at radius 1 is 1.19 bits per heavy atom. The summed E-state index contributed by atoms with van der Waals surface area (Å²) in [4.78, 5) is 39.2. The van der Waals surface area contributed by atoms with Gasteiger partial charge in [-0.15, -0.1) is 11.3 Å². The lowest BCUT2D eigenvalue weighted by atomic mass is 10.2. The van der Waals surface area contributed by atoms with Gasteiger partial charge in [0.15, 0.2) is 0 Å². The maximum absolute atomic E-state index is 12.7. The van der Waals surface area contributed by atoms with Gasteiger partial charge in [0, 0.05) is 18.0 Å². The average molecular weight is 405 g/mol. The van der Waals surface area contributed by atoms with Crippen LogP contribution in [-0.4, -0.2) is 39.5 Å². The number of carbonyl (C=O) groups is 1. The molecule has 3 rings (SSSR count). The minimum absolute atomic E-state index is 0.0582. The molecule has 1 saturated heterocycles. The Morgan fingerprint density at radius 3 is 2.44 bits per heavy atom. The molecule has 2 aromatic rings. The summed E-state index contributed by atoms with van der Waals surface area (Å²) in [7, 11) is 0. The number of hydrogen-bond donors (Lipinski definition) is 0. The molecule has 3 heterocycles. The van der Waals surface area contributed by atoms with Crippen molar-refractivity contribution < 1.29 is 22.7 Å². The van der Waals surface area contributed by atoms with E-state index in [1.807, 2.05) is 0 Å². The van der Waals surface area contributed by atoms with E-state index in [0.717, 1.165) is 20.5 Å². The van der Waals surface area contributed by atoms with Gasteiger partial charge in [-0.25, -0.2) is 9.59 Å². The highest BCUT2D eigenvalue weighted by atomic mass is 32.1. The Kier molecular flexibility index (Phi) is 5.06. The number of aryl methyl sites for hydroxylation is 2. The van der Waals surface area contributed by atoms with E-state index >= 15 is 0 Å². The predicted octanol–water partition coefficient (Wildman–Crippen LogP) is 2.46. The summed E-state index contributed by atoms with van der Waals surface area (Å²) < 4.78 is 44.9. The molecule has 2 aromatic heterocycles. The first kappa shape index (κ1) is 19.5. The summed E-state index contributed by atoms with van der Waals surface area (Å²) in [6.07, 6.45) is -6.07. The van der Waals surface area contributed by atoms with Gasteiger partial charge in [-0.3, -0.25) is 18.8 Å². The molecule has 0 N–H and O–H groups in total. The zero-order chi connectivity index (χ0) is 19.9. The number of ether oxygens (including phenoxy) is 1. The first-order valence-corrected chi connectivity index (χ1v) is 9.19. The third-order valence-electron chi connectivity index (χ3n) is 4.51. The van der Waals surface area contributed by atoms with E-state index in [1.54, 1.807) is 13.8 Å². The minimum atomic E-state index is -4.42. The number of rotatable bonds is 5. The van der Waals surface area contributed by atoms with E-state index in [2.05, 4.69) is 0 Å².